The van der Waals surface area contributed by atoms with Gasteiger partial charge in [0.05, 0.1) is 12.7 Å². The molecule has 0 saturated carbocycles. The second kappa shape index (κ2) is 7.97. The Bertz CT molecular complexity index is 450. The Balaban J connectivity index is 1.69. The SMILES string of the molecule is CN1CCOC(CNCc2ccc(OCC(N)=O)cc2)C1. The number of carbonyl (C=O) groups is 1. The van der Waals surface area contributed by atoms with Crippen LogP contribution in [0, 0.1) is 0 Å². The van der Waals surface area contributed by atoms with Gasteiger partial charge in [-0.1, -0.05) is 12.1 Å². The lowest BCUT2D eigenvalue weighted by Crippen LogP contribution is -2.44. The van der Waals surface area contributed by atoms with Crippen molar-refractivity contribution >= 4 is 5.91 Å². The molecule has 1 atom stereocenters. The zero-order valence-corrected chi connectivity index (χ0v) is 12.4. The fourth-order valence-electron chi connectivity index (χ4n) is 2.23. The molecule has 1 fully saturated rings. The van der Waals surface area contributed by atoms with Gasteiger partial charge in [-0.3, -0.25) is 4.79 Å². The fraction of sp³-hybridized carbons (Fsp3) is 0.533. The molecular weight excluding hydrogens is 270 g/mol. The van der Waals surface area contributed by atoms with Crippen molar-refractivity contribution in [3.05, 3.63) is 29.8 Å². The number of nitrogens with two attached hydrogens (primary N) is 1. The van der Waals surface area contributed by atoms with E-state index in [0.29, 0.717) is 5.75 Å². The molecule has 1 unspecified atom stereocenters. The van der Waals surface area contributed by atoms with Crippen molar-refractivity contribution in [2.24, 2.45) is 5.73 Å². The zero-order valence-electron chi connectivity index (χ0n) is 12.4. The summed E-state index contributed by atoms with van der Waals surface area (Å²) in [6.07, 6.45) is 0.252. The number of hydrogen-bond acceptors (Lipinski definition) is 5. The van der Waals surface area contributed by atoms with Crippen molar-refractivity contribution in [1.29, 1.82) is 0 Å². The number of rotatable bonds is 7. The highest BCUT2D eigenvalue weighted by atomic mass is 16.5. The molecular formula is C15H23N3O3. The molecule has 0 radical (unpaired) electrons. The minimum absolute atomic E-state index is 0.0931. The molecule has 2 rings (SSSR count). The maximum Gasteiger partial charge on any atom is 0.255 e. The third-order valence-electron chi connectivity index (χ3n) is 3.35. The molecule has 1 saturated heterocycles. The topological polar surface area (TPSA) is 76.8 Å². The number of morpholine rings is 1. The summed E-state index contributed by atoms with van der Waals surface area (Å²) in [5.74, 6) is 0.174. The molecule has 1 aliphatic rings. The van der Waals surface area contributed by atoms with Gasteiger partial charge in [-0.25, -0.2) is 0 Å². The Hall–Kier alpha value is -1.63. The second-order valence-electron chi connectivity index (χ2n) is 5.28. The van der Waals surface area contributed by atoms with Crippen LogP contribution in [0.2, 0.25) is 0 Å². The number of hydrogen-bond donors (Lipinski definition) is 2. The van der Waals surface area contributed by atoms with E-state index >= 15 is 0 Å². The molecule has 1 heterocycles. The molecule has 0 bridgehead atoms. The quantitative estimate of drug-likeness (QED) is 0.738. The van der Waals surface area contributed by atoms with Gasteiger partial charge in [0.2, 0.25) is 0 Å². The van der Waals surface area contributed by atoms with Gasteiger partial charge in [0, 0.05) is 26.2 Å². The van der Waals surface area contributed by atoms with Crippen molar-refractivity contribution < 1.29 is 14.3 Å². The second-order valence-corrected chi connectivity index (χ2v) is 5.28. The average Bonchev–Trinajstić information content (AvgIpc) is 2.46. The Morgan fingerprint density at radius 3 is 2.90 bits per heavy atom. The number of carbonyl (C=O) groups excluding carboxylic acids is 1. The standard InChI is InChI=1S/C15H23N3O3/c1-18-6-7-20-14(10-18)9-17-8-12-2-4-13(5-3-12)21-11-15(16)19/h2-5,14,17H,6-11H2,1H3,(H2,16,19). The maximum absolute atomic E-state index is 10.6. The minimum atomic E-state index is -0.474. The van der Waals surface area contributed by atoms with Gasteiger partial charge in [-0.2, -0.15) is 0 Å². The predicted octanol–water partition coefficient (Wildman–Crippen LogP) is -0.0291. The summed E-state index contributed by atoms with van der Waals surface area (Å²) in [7, 11) is 2.11. The van der Waals surface area contributed by atoms with Crippen molar-refractivity contribution in [3.8, 4) is 5.75 Å². The molecule has 1 amide bonds. The van der Waals surface area contributed by atoms with E-state index in [1.165, 1.54) is 0 Å². The molecule has 1 aromatic rings. The van der Waals surface area contributed by atoms with E-state index in [1.54, 1.807) is 0 Å². The van der Waals surface area contributed by atoms with Gasteiger partial charge in [0.1, 0.15) is 5.75 Å². The predicted molar refractivity (Wildman–Crippen MR) is 80.1 cm³/mol. The van der Waals surface area contributed by atoms with Gasteiger partial charge >= 0.3 is 0 Å². The Morgan fingerprint density at radius 1 is 1.48 bits per heavy atom. The van der Waals surface area contributed by atoms with Gasteiger partial charge in [-0.15, -0.1) is 0 Å². The summed E-state index contributed by atoms with van der Waals surface area (Å²) in [6, 6.07) is 7.62. The average molecular weight is 293 g/mol. The molecule has 21 heavy (non-hydrogen) atoms. The largest absolute Gasteiger partial charge is 0.484 e. The monoisotopic (exact) mass is 293 g/mol. The van der Waals surface area contributed by atoms with E-state index in [4.69, 9.17) is 15.2 Å². The smallest absolute Gasteiger partial charge is 0.255 e. The number of benzene rings is 1. The van der Waals surface area contributed by atoms with Crippen LogP contribution in [0.3, 0.4) is 0 Å². The Labute approximate surface area is 125 Å². The van der Waals surface area contributed by atoms with E-state index in [9.17, 15) is 4.79 Å². The van der Waals surface area contributed by atoms with Crippen LogP contribution in [0.25, 0.3) is 0 Å². The van der Waals surface area contributed by atoms with Gasteiger partial charge in [0.15, 0.2) is 6.61 Å². The summed E-state index contributed by atoms with van der Waals surface area (Å²) in [5.41, 5.74) is 6.19. The molecule has 6 nitrogen and oxygen atoms in total. The first-order valence-corrected chi connectivity index (χ1v) is 7.14. The lowest BCUT2D eigenvalue weighted by Gasteiger charge is -2.30. The molecule has 0 aliphatic carbocycles. The summed E-state index contributed by atoms with van der Waals surface area (Å²) in [4.78, 5) is 12.9. The van der Waals surface area contributed by atoms with Crippen molar-refractivity contribution in [2.75, 3.05) is 39.9 Å². The van der Waals surface area contributed by atoms with Crippen LogP contribution in [0.5, 0.6) is 5.75 Å². The van der Waals surface area contributed by atoms with E-state index in [0.717, 1.165) is 38.3 Å². The number of ether oxygens (including phenoxy) is 2. The number of nitrogens with one attached hydrogen (secondary N) is 1. The first-order valence-electron chi connectivity index (χ1n) is 7.14. The van der Waals surface area contributed by atoms with E-state index < -0.39 is 5.91 Å². The highest BCUT2D eigenvalue weighted by molar-refractivity contribution is 5.75. The van der Waals surface area contributed by atoms with E-state index in [2.05, 4.69) is 17.3 Å². The van der Waals surface area contributed by atoms with Crippen molar-refractivity contribution in [1.82, 2.24) is 10.2 Å². The number of likely N-dealkylation sites (N-methyl/N-ethyl adjacent to an activating group) is 1. The summed E-state index contributed by atoms with van der Waals surface area (Å²) in [5, 5.41) is 3.40. The van der Waals surface area contributed by atoms with Gasteiger partial charge < -0.3 is 25.4 Å². The maximum atomic E-state index is 10.6. The Morgan fingerprint density at radius 2 is 2.24 bits per heavy atom. The van der Waals surface area contributed by atoms with Gasteiger partial charge in [-0.05, 0) is 24.7 Å². The molecule has 116 valence electrons. The first kappa shape index (κ1) is 15.8. The van der Waals surface area contributed by atoms with E-state index in [1.807, 2.05) is 24.3 Å². The summed E-state index contributed by atoms with van der Waals surface area (Å²) < 4.78 is 10.9. The van der Waals surface area contributed by atoms with Crippen molar-refractivity contribution in [3.63, 3.8) is 0 Å². The molecule has 3 N–H and O–H groups in total. The highest BCUT2D eigenvalue weighted by Crippen LogP contribution is 2.12. The molecule has 1 aromatic carbocycles. The summed E-state index contributed by atoms with van der Waals surface area (Å²) >= 11 is 0. The van der Waals surface area contributed by atoms with Crippen LogP contribution in [-0.4, -0.2) is 56.8 Å². The minimum Gasteiger partial charge on any atom is -0.484 e. The lowest BCUT2D eigenvalue weighted by molar-refractivity contribution is -0.119. The van der Waals surface area contributed by atoms with Crippen LogP contribution < -0.4 is 15.8 Å². The molecule has 0 spiro atoms. The third-order valence-corrected chi connectivity index (χ3v) is 3.35. The highest BCUT2D eigenvalue weighted by Gasteiger charge is 2.16. The van der Waals surface area contributed by atoms with Crippen LogP contribution in [0.1, 0.15) is 5.56 Å². The number of amides is 1. The summed E-state index contributed by atoms with van der Waals surface area (Å²) in [6.45, 7) is 4.29. The number of primary amides is 1. The third kappa shape index (κ3) is 5.71. The molecule has 1 aliphatic heterocycles. The van der Waals surface area contributed by atoms with E-state index in [-0.39, 0.29) is 12.7 Å². The normalized spacial score (nSPS) is 19.4. The Kier molecular flexibility index (Phi) is 5.98. The van der Waals surface area contributed by atoms with Crippen LogP contribution in [0.15, 0.2) is 24.3 Å². The van der Waals surface area contributed by atoms with Crippen LogP contribution >= 0.6 is 0 Å². The lowest BCUT2D eigenvalue weighted by atomic mass is 10.2. The van der Waals surface area contributed by atoms with Gasteiger partial charge in [0.25, 0.3) is 5.91 Å². The zero-order chi connectivity index (χ0) is 15.1. The van der Waals surface area contributed by atoms with Crippen molar-refractivity contribution in [2.45, 2.75) is 12.6 Å². The number of nitrogens with zero attached hydrogens (tertiary/aromatic N) is 1. The molecule has 0 aromatic heterocycles. The first-order chi connectivity index (χ1) is 10.1. The fourth-order valence-corrected chi connectivity index (χ4v) is 2.23. The van der Waals surface area contributed by atoms with Crippen LogP contribution in [-0.2, 0) is 16.1 Å². The van der Waals surface area contributed by atoms with Crippen LogP contribution in [0.4, 0.5) is 0 Å². The molecule has 6 heteroatoms.